The largest absolute Gasteiger partial charge is 0.361 e. The van der Waals surface area contributed by atoms with Gasteiger partial charge >= 0.3 is 0 Å². The molecule has 5 rings (SSSR count). The van der Waals surface area contributed by atoms with E-state index in [1.165, 1.54) is 11.1 Å². The standard InChI is InChI=1S/C25H26N6O2/c1-15-7-16(2)9-17(8-15)11-27-23-25(33)31-20(14-28-23)3-4-22(31)24(32)29-13-19-10-18-12-26-6-5-21(18)30-19/h5-10,12,14,22,30H,3-4,11,13H2,1-2H3,(H,27,28)(H,29,32). The third-order valence-electron chi connectivity index (χ3n) is 6.03. The van der Waals surface area contributed by atoms with Crippen molar-refractivity contribution in [1.29, 1.82) is 0 Å². The lowest BCUT2D eigenvalue weighted by Crippen LogP contribution is -2.36. The van der Waals surface area contributed by atoms with Gasteiger partial charge in [0.05, 0.1) is 6.54 Å². The number of aryl methyl sites for hydroxylation is 3. The Morgan fingerprint density at radius 1 is 1.15 bits per heavy atom. The van der Waals surface area contributed by atoms with Gasteiger partial charge in [0.1, 0.15) is 6.04 Å². The molecule has 0 aliphatic carbocycles. The van der Waals surface area contributed by atoms with Gasteiger partial charge in [-0.15, -0.1) is 0 Å². The van der Waals surface area contributed by atoms with Crippen LogP contribution in [0.5, 0.6) is 0 Å². The predicted molar refractivity (Wildman–Crippen MR) is 127 cm³/mol. The van der Waals surface area contributed by atoms with Crippen molar-refractivity contribution in [3.05, 3.63) is 87.4 Å². The van der Waals surface area contributed by atoms with E-state index < -0.39 is 6.04 Å². The van der Waals surface area contributed by atoms with Crippen LogP contribution in [0.1, 0.15) is 40.5 Å². The van der Waals surface area contributed by atoms with Crippen LogP contribution in [0.4, 0.5) is 5.82 Å². The van der Waals surface area contributed by atoms with Crippen molar-refractivity contribution in [2.45, 2.75) is 45.8 Å². The molecule has 3 N–H and O–H groups in total. The van der Waals surface area contributed by atoms with Gasteiger partial charge in [0.2, 0.25) is 5.91 Å². The van der Waals surface area contributed by atoms with Gasteiger partial charge in [-0.3, -0.25) is 19.1 Å². The zero-order chi connectivity index (χ0) is 22.9. The van der Waals surface area contributed by atoms with Crippen LogP contribution in [-0.2, 0) is 24.3 Å². The van der Waals surface area contributed by atoms with Gasteiger partial charge in [-0.2, -0.15) is 0 Å². The fourth-order valence-corrected chi connectivity index (χ4v) is 4.60. The second-order valence-corrected chi connectivity index (χ2v) is 8.65. The maximum Gasteiger partial charge on any atom is 0.294 e. The van der Waals surface area contributed by atoms with E-state index in [1.54, 1.807) is 23.2 Å². The van der Waals surface area contributed by atoms with Crippen LogP contribution >= 0.6 is 0 Å². The molecule has 1 amide bonds. The molecule has 0 radical (unpaired) electrons. The van der Waals surface area contributed by atoms with Crippen molar-refractivity contribution in [3.63, 3.8) is 0 Å². The van der Waals surface area contributed by atoms with E-state index in [2.05, 4.69) is 57.6 Å². The van der Waals surface area contributed by atoms with E-state index in [0.29, 0.717) is 25.9 Å². The second-order valence-electron chi connectivity index (χ2n) is 8.65. The van der Waals surface area contributed by atoms with Crippen LogP contribution in [0.3, 0.4) is 0 Å². The van der Waals surface area contributed by atoms with Gasteiger partial charge in [0, 0.05) is 47.4 Å². The number of nitrogens with zero attached hydrogens (tertiary/aromatic N) is 3. The van der Waals surface area contributed by atoms with Crippen molar-refractivity contribution in [2.75, 3.05) is 5.32 Å². The number of H-pyrrole nitrogens is 1. The Labute approximate surface area is 191 Å². The molecule has 33 heavy (non-hydrogen) atoms. The molecule has 1 unspecified atom stereocenters. The lowest BCUT2D eigenvalue weighted by atomic mass is 10.1. The number of benzene rings is 1. The molecule has 1 aliphatic heterocycles. The molecule has 0 bridgehead atoms. The van der Waals surface area contributed by atoms with Crippen molar-refractivity contribution in [3.8, 4) is 0 Å². The Hall–Kier alpha value is -3.94. The Morgan fingerprint density at radius 2 is 1.97 bits per heavy atom. The fourth-order valence-electron chi connectivity index (χ4n) is 4.60. The summed E-state index contributed by atoms with van der Waals surface area (Å²) in [5.74, 6) is 0.0971. The normalized spacial score (nSPS) is 14.9. The second kappa shape index (κ2) is 8.54. The highest BCUT2D eigenvalue weighted by atomic mass is 16.2. The summed E-state index contributed by atoms with van der Waals surface area (Å²) < 4.78 is 1.58. The molecular weight excluding hydrogens is 416 g/mol. The molecule has 4 heterocycles. The number of rotatable bonds is 6. The molecule has 8 heteroatoms. The summed E-state index contributed by atoms with van der Waals surface area (Å²) in [6.45, 7) is 4.96. The lowest BCUT2D eigenvalue weighted by Gasteiger charge is -2.16. The first kappa shape index (κ1) is 20.9. The number of aromatic amines is 1. The topological polar surface area (TPSA) is 105 Å². The highest BCUT2D eigenvalue weighted by Gasteiger charge is 2.30. The number of hydrogen-bond donors (Lipinski definition) is 3. The summed E-state index contributed by atoms with van der Waals surface area (Å²) in [5, 5.41) is 7.12. The summed E-state index contributed by atoms with van der Waals surface area (Å²) in [6, 6.07) is 9.61. The molecule has 1 atom stereocenters. The quantitative estimate of drug-likeness (QED) is 0.426. The van der Waals surface area contributed by atoms with Crippen molar-refractivity contribution < 1.29 is 4.79 Å². The summed E-state index contributed by atoms with van der Waals surface area (Å²) in [5.41, 5.74) is 5.83. The molecule has 168 valence electrons. The van der Waals surface area contributed by atoms with E-state index in [9.17, 15) is 9.59 Å². The van der Waals surface area contributed by atoms with E-state index in [4.69, 9.17) is 0 Å². The lowest BCUT2D eigenvalue weighted by molar-refractivity contribution is -0.124. The number of aromatic nitrogens is 4. The Kier molecular flexibility index (Phi) is 5.42. The van der Waals surface area contributed by atoms with Gasteiger partial charge in [-0.05, 0) is 44.4 Å². The number of nitrogens with one attached hydrogen (secondary N) is 3. The van der Waals surface area contributed by atoms with E-state index in [0.717, 1.165) is 27.9 Å². The van der Waals surface area contributed by atoms with Crippen molar-refractivity contribution >= 4 is 22.6 Å². The number of pyridine rings is 1. The van der Waals surface area contributed by atoms with Gasteiger partial charge in [0.15, 0.2) is 5.82 Å². The van der Waals surface area contributed by atoms with Crippen LogP contribution in [0.2, 0.25) is 0 Å². The van der Waals surface area contributed by atoms with Crippen LogP contribution in [0.25, 0.3) is 10.9 Å². The molecule has 3 aromatic heterocycles. The maximum absolute atomic E-state index is 13.2. The number of anilines is 1. The summed E-state index contributed by atoms with van der Waals surface area (Å²) in [4.78, 5) is 37.9. The summed E-state index contributed by atoms with van der Waals surface area (Å²) in [7, 11) is 0. The van der Waals surface area contributed by atoms with Gasteiger partial charge in [-0.25, -0.2) is 4.98 Å². The molecule has 4 aromatic rings. The predicted octanol–water partition coefficient (Wildman–Crippen LogP) is 3.15. The van der Waals surface area contributed by atoms with Crippen LogP contribution < -0.4 is 16.2 Å². The van der Waals surface area contributed by atoms with Crippen molar-refractivity contribution in [1.82, 2.24) is 24.8 Å². The minimum absolute atomic E-state index is 0.168. The highest BCUT2D eigenvalue weighted by molar-refractivity contribution is 5.82. The Morgan fingerprint density at radius 3 is 2.76 bits per heavy atom. The molecule has 0 fully saturated rings. The molecule has 0 spiro atoms. The zero-order valence-electron chi connectivity index (χ0n) is 18.7. The van der Waals surface area contributed by atoms with E-state index in [1.807, 2.05) is 12.1 Å². The van der Waals surface area contributed by atoms with E-state index >= 15 is 0 Å². The van der Waals surface area contributed by atoms with Crippen molar-refractivity contribution in [2.24, 2.45) is 0 Å². The van der Waals surface area contributed by atoms with Gasteiger partial charge in [-0.1, -0.05) is 29.3 Å². The third kappa shape index (κ3) is 4.24. The number of hydrogen-bond acceptors (Lipinski definition) is 5. The number of carbonyl (C=O) groups excluding carboxylic acids is 1. The average Bonchev–Trinajstić information content (AvgIpc) is 3.41. The smallest absolute Gasteiger partial charge is 0.294 e. The first-order valence-corrected chi connectivity index (χ1v) is 11.1. The van der Waals surface area contributed by atoms with Crippen LogP contribution in [0, 0.1) is 13.8 Å². The fraction of sp³-hybridized carbons (Fsp3) is 0.280. The molecular formula is C25H26N6O2. The molecule has 8 nitrogen and oxygen atoms in total. The minimum atomic E-state index is -0.539. The third-order valence-corrected chi connectivity index (χ3v) is 6.03. The van der Waals surface area contributed by atoms with Gasteiger partial charge < -0.3 is 15.6 Å². The molecule has 1 aromatic carbocycles. The summed E-state index contributed by atoms with van der Waals surface area (Å²) in [6.07, 6.45) is 6.44. The van der Waals surface area contributed by atoms with Crippen LogP contribution in [0.15, 0.2) is 53.7 Å². The molecule has 0 saturated carbocycles. The Bertz CT molecular complexity index is 1350. The SMILES string of the molecule is Cc1cc(C)cc(CNc2ncc3n(c2=O)C(C(=O)NCc2cc4cnccc4[nH]2)CC3)c1. The average molecular weight is 443 g/mol. The summed E-state index contributed by atoms with van der Waals surface area (Å²) >= 11 is 0. The molecule has 0 saturated heterocycles. The zero-order valence-corrected chi connectivity index (χ0v) is 18.7. The minimum Gasteiger partial charge on any atom is -0.361 e. The number of amides is 1. The monoisotopic (exact) mass is 442 g/mol. The first-order chi connectivity index (χ1) is 16.0. The van der Waals surface area contributed by atoms with Gasteiger partial charge in [0.25, 0.3) is 5.56 Å². The van der Waals surface area contributed by atoms with E-state index in [-0.39, 0.29) is 17.3 Å². The highest BCUT2D eigenvalue weighted by Crippen LogP contribution is 2.24. The Balaban J connectivity index is 1.30. The first-order valence-electron chi connectivity index (χ1n) is 11.1. The maximum atomic E-state index is 13.2. The molecule has 1 aliphatic rings. The number of fused-ring (bicyclic) bond motifs is 2. The van der Waals surface area contributed by atoms with Crippen LogP contribution in [-0.4, -0.2) is 25.4 Å². The number of carbonyl (C=O) groups is 1.